The van der Waals surface area contributed by atoms with Crippen LogP contribution < -0.4 is 0 Å². The third-order valence-corrected chi connectivity index (χ3v) is 18.6. The second-order valence-corrected chi connectivity index (χ2v) is 29.1. The second-order valence-electron chi connectivity index (χ2n) is 29.1. The maximum absolute atomic E-state index is 13.0. The highest BCUT2D eigenvalue weighted by atomic mass is 16.7. The summed E-state index contributed by atoms with van der Waals surface area (Å²) in [5, 5.41) is 9.77. The summed E-state index contributed by atoms with van der Waals surface area (Å²) in [5.74, 6) is -1.98. The van der Waals surface area contributed by atoms with Gasteiger partial charge in [0.15, 0.2) is 6.10 Å². The van der Waals surface area contributed by atoms with E-state index < -0.39 is 18.4 Å². The molecule has 0 bridgehead atoms. The molecule has 0 aromatic carbocycles. The van der Waals surface area contributed by atoms with Crippen molar-refractivity contribution in [3.05, 3.63) is 48.6 Å². The molecule has 93 heavy (non-hydrogen) atoms. The largest absolute Gasteiger partial charge is 0.477 e. The van der Waals surface area contributed by atoms with Crippen LogP contribution in [0.2, 0.25) is 0 Å². The zero-order chi connectivity index (χ0) is 67.5. The van der Waals surface area contributed by atoms with E-state index in [0.717, 1.165) is 51.4 Å². The van der Waals surface area contributed by atoms with Gasteiger partial charge in [-0.2, -0.15) is 0 Å². The molecule has 0 fully saturated rings. The van der Waals surface area contributed by atoms with Gasteiger partial charge in [0.05, 0.1) is 34.4 Å². The van der Waals surface area contributed by atoms with Gasteiger partial charge in [-0.1, -0.05) is 371 Å². The molecule has 0 aromatic rings. The lowest BCUT2D eigenvalue weighted by molar-refractivity contribution is -0.870. The Hall–Kier alpha value is -2.75. The van der Waals surface area contributed by atoms with Crippen LogP contribution in [0.4, 0.5) is 0 Å². The summed E-state index contributed by atoms with van der Waals surface area (Å²) in [5.41, 5.74) is 0. The fourth-order valence-corrected chi connectivity index (χ4v) is 12.3. The average molecular weight is 1310 g/mol. The summed E-state index contributed by atoms with van der Waals surface area (Å²) in [4.78, 5) is 37.7. The fraction of sp³-hybridized carbons (Fsp3) is 0.869. The van der Waals surface area contributed by atoms with Crippen LogP contribution in [0.25, 0.3) is 0 Å². The number of nitrogens with zero attached hydrogens (tertiary/aromatic N) is 1. The molecule has 2 atom stereocenters. The number of hydrogen-bond acceptors (Lipinski definition) is 7. The second kappa shape index (κ2) is 75.0. The van der Waals surface area contributed by atoms with E-state index >= 15 is 0 Å². The van der Waals surface area contributed by atoms with Crippen LogP contribution in [0.3, 0.4) is 0 Å². The number of likely N-dealkylation sites (N-methyl/N-ethyl adjacent to an activating group) is 1. The zero-order valence-corrected chi connectivity index (χ0v) is 62.7. The number of rotatable bonds is 77. The molecule has 2 unspecified atom stereocenters. The summed E-state index contributed by atoms with van der Waals surface area (Å²) in [6, 6.07) is 0. The molecule has 0 rings (SSSR count). The lowest BCUT2D eigenvalue weighted by Gasteiger charge is -2.25. The van der Waals surface area contributed by atoms with Gasteiger partial charge < -0.3 is 28.5 Å². The van der Waals surface area contributed by atoms with Crippen LogP contribution in [-0.4, -0.2) is 87.4 Å². The first kappa shape index (κ1) is 90.2. The minimum absolute atomic E-state index is 0.178. The van der Waals surface area contributed by atoms with E-state index in [1.54, 1.807) is 0 Å². The lowest BCUT2D eigenvalue weighted by atomic mass is 10.0. The van der Waals surface area contributed by atoms with Gasteiger partial charge in [0.25, 0.3) is 6.29 Å². The Morgan fingerprint density at radius 2 is 0.581 bits per heavy atom. The summed E-state index contributed by atoms with van der Waals surface area (Å²) in [7, 11) is 5.99. The van der Waals surface area contributed by atoms with Gasteiger partial charge in [0.1, 0.15) is 13.2 Å². The predicted molar refractivity (Wildman–Crippen MR) is 401 cm³/mol. The molecule has 0 saturated carbocycles. The van der Waals surface area contributed by atoms with Crippen molar-refractivity contribution in [3.8, 4) is 0 Å². The van der Waals surface area contributed by atoms with Crippen molar-refractivity contribution >= 4 is 17.9 Å². The van der Waals surface area contributed by atoms with E-state index in [0.29, 0.717) is 17.4 Å². The van der Waals surface area contributed by atoms with E-state index in [-0.39, 0.29) is 38.2 Å². The molecule has 9 nitrogen and oxygen atoms in total. The number of carbonyl (C=O) groups is 3. The Kier molecular flexibility index (Phi) is 72.8. The minimum atomic E-state index is -1.51. The maximum atomic E-state index is 13.0. The number of unbranched alkanes of at least 4 members (excludes halogenated alkanes) is 54. The summed E-state index contributed by atoms with van der Waals surface area (Å²) in [6.07, 6.45) is 95.7. The van der Waals surface area contributed by atoms with Crippen molar-refractivity contribution in [2.24, 2.45) is 0 Å². The van der Waals surface area contributed by atoms with Crippen molar-refractivity contribution in [1.29, 1.82) is 0 Å². The number of quaternary nitrogens is 1. The highest BCUT2D eigenvalue weighted by Gasteiger charge is 2.25. The molecule has 0 spiro atoms. The average Bonchev–Trinajstić information content (AvgIpc) is 3.38. The van der Waals surface area contributed by atoms with Gasteiger partial charge in [-0.05, 0) is 77.0 Å². The number of hydrogen-bond donors (Lipinski definition) is 1. The highest BCUT2D eigenvalue weighted by molar-refractivity contribution is 5.71. The topological polar surface area (TPSA) is 108 Å². The van der Waals surface area contributed by atoms with E-state index in [1.807, 2.05) is 21.1 Å². The van der Waals surface area contributed by atoms with Gasteiger partial charge in [0.2, 0.25) is 0 Å². The van der Waals surface area contributed by atoms with Crippen molar-refractivity contribution in [3.63, 3.8) is 0 Å². The van der Waals surface area contributed by atoms with Crippen LogP contribution in [-0.2, 0) is 33.3 Å². The Balaban J connectivity index is 3.93. The molecule has 0 saturated heterocycles. The number of carboxylic acids is 1. The lowest BCUT2D eigenvalue weighted by Crippen LogP contribution is -2.40. The number of allylic oxidation sites excluding steroid dienone is 8. The third kappa shape index (κ3) is 76.5. The molecule has 0 aliphatic carbocycles. The number of aliphatic carboxylic acids is 1. The van der Waals surface area contributed by atoms with Crippen LogP contribution in [0.5, 0.6) is 0 Å². The molecule has 0 heterocycles. The molecule has 0 amide bonds. The molecule has 0 radical (unpaired) electrons. The Bertz CT molecular complexity index is 1670. The smallest absolute Gasteiger partial charge is 0.361 e. The molecule has 1 N–H and O–H groups in total. The fourth-order valence-electron chi connectivity index (χ4n) is 12.3. The Morgan fingerprint density at radius 3 is 0.871 bits per heavy atom. The Labute approximate surface area is 578 Å². The molecule has 9 heteroatoms. The van der Waals surface area contributed by atoms with Crippen LogP contribution in [0.15, 0.2) is 48.6 Å². The summed E-state index contributed by atoms with van der Waals surface area (Å²) in [6.45, 7) is 4.93. The molecular formula is C84H158NO8+. The number of esters is 2. The number of ether oxygens (including phenoxy) is 4. The molecular weight excluding hydrogens is 1150 g/mol. The summed E-state index contributed by atoms with van der Waals surface area (Å²) >= 11 is 0. The molecule has 0 aromatic heterocycles. The van der Waals surface area contributed by atoms with Gasteiger partial charge in [-0.3, -0.25) is 9.59 Å². The maximum Gasteiger partial charge on any atom is 0.361 e. The first-order valence-corrected chi connectivity index (χ1v) is 40.8. The first-order chi connectivity index (χ1) is 45.6. The highest BCUT2D eigenvalue weighted by Crippen LogP contribution is 2.20. The standard InChI is InChI=1S/C84H157NO8/c1-6-8-10-12-14-16-18-20-22-24-26-28-30-32-34-35-36-37-38-39-40-41-42-43-44-45-46-47-49-50-52-54-56-58-60-62-64-66-68-70-72-74-81(86)91-78-80(79-92-84(83(88)89)90-77-76-85(3,4)5)93-82(87)75-73-71-69-67-65-63-61-59-57-55-53-51-48-33-31-29-27-25-23-21-19-17-15-13-11-9-7-2/h19,21,24-27,31,33,80,84H,6-18,20,22-23,28-30,32,34-79H2,1-5H3/p+1/b21-19-,26-24-,27-25-,33-31-. The van der Waals surface area contributed by atoms with Crippen molar-refractivity contribution < 1.29 is 42.9 Å². The van der Waals surface area contributed by atoms with E-state index in [1.165, 1.54) is 334 Å². The Morgan fingerprint density at radius 1 is 0.323 bits per heavy atom. The minimum Gasteiger partial charge on any atom is -0.477 e. The number of carbonyl (C=O) groups excluding carboxylic acids is 2. The quantitative estimate of drug-likeness (QED) is 0.0211. The first-order valence-electron chi connectivity index (χ1n) is 40.8. The normalized spacial score (nSPS) is 12.8. The van der Waals surface area contributed by atoms with Crippen LogP contribution in [0, 0.1) is 0 Å². The van der Waals surface area contributed by atoms with E-state index in [9.17, 15) is 19.5 Å². The van der Waals surface area contributed by atoms with Gasteiger partial charge in [-0.15, -0.1) is 0 Å². The monoisotopic (exact) mass is 1310 g/mol. The molecule has 546 valence electrons. The SMILES string of the molecule is CCCCCCC/C=C\C/C=C\C/C=C\CCCCCCCCCCCCCCC(=O)OC(COC(=O)CCCCCCCCCCCCCCCCCCCCCCCCCCCCCCC/C=C\CCCCCCCCCC)COC(OCC[N+](C)(C)C)C(=O)O. The van der Waals surface area contributed by atoms with Gasteiger partial charge in [0, 0.05) is 12.8 Å². The van der Waals surface area contributed by atoms with E-state index in [2.05, 4.69) is 62.5 Å². The van der Waals surface area contributed by atoms with Crippen LogP contribution >= 0.6 is 0 Å². The van der Waals surface area contributed by atoms with E-state index in [4.69, 9.17) is 18.9 Å². The van der Waals surface area contributed by atoms with Crippen molar-refractivity contribution in [1.82, 2.24) is 0 Å². The predicted octanol–water partition coefficient (Wildman–Crippen LogP) is 26.0. The zero-order valence-electron chi connectivity index (χ0n) is 62.7. The van der Waals surface area contributed by atoms with Crippen LogP contribution in [0.1, 0.15) is 412 Å². The molecule has 0 aliphatic rings. The summed E-state index contributed by atoms with van der Waals surface area (Å²) < 4.78 is 23.1. The van der Waals surface area contributed by atoms with Gasteiger partial charge >= 0.3 is 17.9 Å². The van der Waals surface area contributed by atoms with Crippen molar-refractivity contribution in [2.45, 2.75) is 424 Å². The molecule has 0 aliphatic heterocycles. The van der Waals surface area contributed by atoms with Crippen molar-refractivity contribution in [2.75, 3.05) is 47.5 Å². The van der Waals surface area contributed by atoms with Gasteiger partial charge in [-0.25, -0.2) is 4.79 Å². The third-order valence-electron chi connectivity index (χ3n) is 18.6. The number of carboxylic acid groups (broad SMARTS) is 1.